The second kappa shape index (κ2) is 3.54. The summed E-state index contributed by atoms with van der Waals surface area (Å²) in [5.41, 5.74) is -0.503. The highest BCUT2D eigenvalue weighted by atomic mass is 79.9. The molecule has 0 aliphatic rings. The summed E-state index contributed by atoms with van der Waals surface area (Å²) in [5, 5.41) is 0.376. The lowest BCUT2D eigenvalue weighted by atomic mass is 10.2. The van der Waals surface area contributed by atoms with Crippen LogP contribution in [0, 0.1) is 0 Å². The van der Waals surface area contributed by atoms with Crippen molar-refractivity contribution in [3.05, 3.63) is 37.4 Å². The number of fused-ring (bicyclic) bond motifs is 1. The Balaban J connectivity index is 2.98. The standard InChI is InChI=1S/C9H7BrN2O3/c1-15-4-2-5-7(6(10)3-4)11-9(14)12-8(5)13/h2-3H,1H3,(H2,11,12,13,14). The average molecular weight is 271 g/mol. The molecule has 0 saturated carbocycles. The maximum absolute atomic E-state index is 11.5. The van der Waals surface area contributed by atoms with Gasteiger partial charge in [0.2, 0.25) is 0 Å². The van der Waals surface area contributed by atoms with Crippen molar-refractivity contribution in [2.24, 2.45) is 0 Å². The Hall–Kier alpha value is -1.56. The largest absolute Gasteiger partial charge is 0.497 e. The van der Waals surface area contributed by atoms with E-state index in [2.05, 4.69) is 25.9 Å². The molecule has 2 aromatic rings. The summed E-state index contributed by atoms with van der Waals surface area (Å²) >= 11 is 3.25. The fourth-order valence-corrected chi connectivity index (χ4v) is 1.86. The lowest BCUT2D eigenvalue weighted by molar-refractivity contribution is 0.415. The summed E-state index contributed by atoms with van der Waals surface area (Å²) in [4.78, 5) is 27.2. The molecule has 15 heavy (non-hydrogen) atoms. The average Bonchev–Trinajstić information content (AvgIpc) is 2.19. The normalized spacial score (nSPS) is 10.5. The van der Waals surface area contributed by atoms with Gasteiger partial charge in [-0.05, 0) is 28.1 Å². The van der Waals surface area contributed by atoms with E-state index in [1.54, 1.807) is 12.1 Å². The quantitative estimate of drug-likeness (QED) is 0.812. The fourth-order valence-electron chi connectivity index (χ4n) is 1.32. The van der Waals surface area contributed by atoms with Gasteiger partial charge in [-0.2, -0.15) is 0 Å². The monoisotopic (exact) mass is 270 g/mol. The maximum Gasteiger partial charge on any atom is 0.326 e. The third-order valence-corrected chi connectivity index (χ3v) is 2.64. The van der Waals surface area contributed by atoms with E-state index in [1.807, 2.05) is 0 Å². The van der Waals surface area contributed by atoms with Crippen LogP contribution in [0.4, 0.5) is 0 Å². The second-order valence-electron chi connectivity index (χ2n) is 2.94. The van der Waals surface area contributed by atoms with Gasteiger partial charge in [0.15, 0.2) is 0 Å². The number of hydrogen-bond acceptors (Lipinski definition) is 3. The van der Waals surface area contributed by atoms with E-state index in [0.717, 1.165) is 0 Å². The zero-order chi connectivity index (χ0) is 11.0. The summed E-state index contributed by atoms with van der Waals surface area (Å²) < 4.78 is 5.62. The van der Waals surface area contributed by atoms with Crippen LogP contribution in [0.2, 0.25) is 0 Å². The van der Waals surface area contributed by atoms with Crippen molar-refractivity contribution in [2.45, 2.75) is 0 Å². The molecule has 0 aliphatic heterocycles. The van der Waals surface area contributed by atoms with Crippen LogP contribution in [0.25, 0.3) is 10.9 Å². The van der Waals surface area contributed by atoms with Crippen molar-refractivity contribution >= 4 is 26.8 Å². The van der Waals surface area contributed by atoms with Gasteiger partial charge in [-0.1, -0.05) is 0 Å². The topological polar surface area (TPSA) is 75.0 Å². The first-order chi connectivity index (χ1) is 7.11. The molecule has 6 heteroatoms. The van der Waals surface area contributed by atoms with Crippen LogP contribution in [0.1, 0.15) is 0 Å². The highest BCUT2D eigenvalue weighted by Crippen LogP contribution is 2.24. The van der Waals surface area contributed by atoms with E-state index >= 15 is 0 Å². The summed E-state index contributed by atoms with van der Waals surface area (Å²) in [7, 11) is 1.51. The third kappa shape index (κ3) is 1.68. The van der Waals surface area contributed by atoms with Crippen LogP contribution in [-0.4, -0.2) is 17.1 Å². The lowest BCUT2D eigenvalue weighted by Gasteiger charge is -2.03. The Labute approximate surface area is 92.2 Å². The van der Waals surface area contributed by atoms with E-state index in [1.165, 1.54) is 7.11 Å². The summed E-state index contributed by atoms with van der Waals surface area (Å²) in [6, 6.07) is 3.24. The number of hydrogen-bond donors (Lipinski definition) is 2. The molecule has 0 amide bonds. The van der Waals surface area contributed by atoms with Gasteiger partial charge in [0.1, 0.15) is 5.75 Å². The van der Waals surface area contributed by atoms with Crippen LogP contribution in [0.3, 0.4) is 0 Å². The Morgan fingerprint density at radius 1 is 1.27 bits per heavy atom. The van der Waals surface area contributed by atoms with Crippen molar-refractivity contribution in [1.29, 1.82) is 0 Å². The number of H-pyrrole nitrogens is 2. The van der Waals surface area contributed by atoms with Gasteiger partial charge in [-0.25, -0.2) is 4.79 Å². The molecule has 5 nitrogen and oxygen atoms in total. The molecule has 0 saturated heterocycles. The van der Waals surface area contributed by atoms with Gasteiger partial charge in [-0.15, -0.1) is 0 Å². The molecule has 0 atom stereocenters. The Morgan fingerprint density at radius 2 is 2.00 bits per heavy atom. The Kier molecular flexibility index (Phi) is 2.36. The molecule has 78 valence electrons. The first-order valence-electron chi connectivity index (χ1n) is 4.11. The highest BCUT2D eigenvalue weighted by molar-refractivity contribution is 9.10. The van der Waals surface area contributed by atoms with E-state index in [-0.39, 0.29) is 0 Å². The van der Waals surface area contributed by atoms with E-state index in [9.17, 15) is 9.59 Å². The molecule has 0 aliphatic carbocycles. The molecule has 2 N–H and O–H groups in total. The number of halogens is 1. The molecule has 1 aromatic carbocycles. The summed E-state index contributed by atoms with van der Waals surface area (Å²) in [5.74, 6) is 0.548. The molecule has 0 radical (unpaired) electrons. The number of nitrogens with one attached hydrogen (secondary N) is 2. The summed E-state index contributed by atoms with van der Waals surface area (Å²) in [6.45, 7) is 0. The van der Waals surface area contributed by atoms with Gasteiger partial charge in [-0.3, -0.25) is 9.78 Å². The van der Waals surface area contributed by atoms with E-state index < -0.39 is 11.2 Å². The third-order valence-electron chi connectivity index (χ3n) is 2.01. The smallest absolute Gasteiger partial charge is 0.326 e. The van der Waals surface area contributed by atoms with Gasteiger partial charge in [0, 0.05) is 4.47 Å². The molecular formula is C9H7BrN2O3. The molecule has 1 heterocycles. The van der Waals surface area contributed by atoms with Crippen LogP contribution >= 0.6 is 15.9 Å². The van der Waals surface area contributed by atoms with Crippen LogP contribution in [-0.2, 0) is 0 Å². The zero-order valence-electron chi connectivity index (χ0n) is 7.76. The van der Waals surface area contributed by atoms with Crippen LogP contribution in [0.5, 0.6) is 5.75 Å². The number of aromatic amines is 2. The second-order valence-corrected chi connectivity index (χ2v) is 3.79. The molecule has 0 bridgehead atoms. The number of methoxy groups -OCH3 is 1. The number of rotatable bonds is 1. The molecule has 0 spiro atoms. The van der Waals surface area contributed by atoms with Gasteiger partial charge >= 0.3 is 5.69 Å². The minimum atomic E-state index is -0.529. The van der Waals surface area contributed by atoms with Crippen molar-refractivity contribution in [2.75, 3.05) is 7.11 Å². The van der Waals surface area contributed by atoms with Gasteiger partial charge in [0.05, 0.1) is 18.0 Å². The minimum Gasteiger partial charge on any atom is -0.497 e. The van der Waals surface area contributed by atoms with E-state index in [0.29, 0.717) is 21.1 Å². The highest BCUT2D eigenvalue weighted by Gasteiger charge is 2.06. The minimum absolute atomic E-state index is 0.376. The van der Waals surface area contributed by atoms with Gasteiger partial charge < -0.3 is 9.72 Å². The maximum atomic E-state index is 11.5. The lowest BCUT2D eigenvalue weighted by Crippen LogP contribution is -2.22. The first kappa shape index (κ1) is 9.97. The molecule has 0 fully saturated rings. The fraction of sp³-hybridized carbons (Fsp3) is 0.111. The number of benzene rings is 1. The van der Waals surface area contributed by atoms with Crippen molar-refractivity contribution in [3.63, 3.8) is 0 Å². The SMILES string of the molecule is COc1cc(Br)c2[nH]c(=O)[nH]c(=O)c2c1. The van der Waals surface area contributed by atoms with Crippen LogP contribution < -0.4 is 16.0 Å². The Bertz CT molecular complexity index is 629. The first-order valence-corrected chi connectivity index (χ1v) is 4.91. The zero-order valence-corrected chi connectivity index (χ0v) is 9.34. The Morgan fingerprint density at radius 3 is 2.67 bits per heavy atom. The number of ether oxygens (including phenoxy) is 1. The molecular weight excluding hydrogens is 264 g/mol. The van der Waals surface area contributed by atoms with E-state index in [4.69, 9.17) is 4.74 Å². The summed E-state index contributed by atoms with van der Waals surface area (Å²) in [6.07, 6.45) is 0. The van der Waals surface area contributed by atoms with Crippen molar-refractivity contribution in [1.82, 2.24) is 9.97 Å². The van der Waals surface area contributed by atoms with Crippen molar-refractivity contribution in [3.8, 4) is 5.75 Å². The predicted octanol–water partition coefficient (Wildman–Crippen LogP) is 0.987. The number of aromatic nitrogens is 2. The van der Waals surface area contributed by atoms with Gasteiger partial charge in [0.25, 0.3) is 5.56 Å². The molecule has 0 unspecified atom stereocenters. The van der Waals surface area contributed by atoms with Crippen LogP contribution in [0.15, 0.2) is 26.2 Å². The molecule has 2 rings (SSSR count). The molecule has 1 aromatic heterocycles. The van der Waals surface area contributed by atoms with Crippen molar-refractivity contribution < 1.29 is 4.74 Å². The predicted molar refractivity (Wildman–Crippen MR) is 59.4 cm³/mol.